The fraction of sp³-hybridized carbons (Fsp3) is 0.182. The van der Waals surface area contributed by atoms with Crippen LogP contribution in [0.25, 0.3) is 0 Å². The highest BCUT2D eigenvalue weighted by Gasteiger charge is 1.97. The van der Waals surface area contributed by atoms with Crippen molar-refractivity contribution >= 4 is 0 Å². The summed E-state index contributed by atoms with van der Waals surface area (Å²) in [5.74, 6) is 1.79. The summed E-state index contributed by atoms with van der Waals surface area (Å²) in [7, 11) is 0. The predicted molar refractivity (Wildman–Crippen MR) is 54.1 cm³/mol. The van der Waals surface area contributed by atoms with E-state index in [1.54, 1.807) is 6.20 Å². The minimum absolute atomic E-state index is 0.533. The molecule has 0 fully saturated rings. The van der Waals surface area contributed by atoms with E-state index in [-0.39, 0.29) is 0 Å². The number of aromatic nitrogens is 2. The number of aryl methyl sites for hydroxylation is 1. The zero-order chi connectivity index (χ0) is 9.80. The smallest absolute Gasteiger partial charge is 0.130 e. The van der Waals surface area contributed by atoms with Gasteiger partial charge in [-0.25, -0.2) is 4.98 Å². The van der Waals surface area contributed by atoms with Crippen molar-refractivity contribution in [1.29, 1.82) is 0 Å². The number of ether oxygens (including phenoxy) is 1. The molecule has 0 amide bonds. The Labute approximate surface area is 82.8 Å². The minimum atomic E-state index is 0.533. The van der Waals surface area contributed by atoms with Crippen LogP contribution in [0.2, 0.25) is 0 Å². The number of rotatable bonds is 3. The lowest BCUT2D eigenvalue weighted by Crippen LogP contribution is -1.95. The quantitative estimate of drug-likeness (QED) is 0.802. The number of imidazole rings is 1. The van der Waals surface area contributed by atoms with Crippen LogP contribution >= 0.6 is 0 Å². The highest BCUT2D eigenvalue weighted by atomic mass is 16.5. The number of nitrogens with zero attached hydrogens (tertiary/aromatic N) is 1. The average molecular weight is 188 g/mol. The van der Waals surface area contributed by atoms with E-state index < -0.39 is 0 Å². The van der Waals surface area contributed by atoms with E-state index in [1.165, 1.54) is 0 Å². The molecule has 0 saturated heterocycles. The van der Waals surface area contributed by atoms with Crippen molar-refractivity contribution in [3.05, 3.63) is 48.0 Å². The van der Waals surface area contributed by atoms with Crippen molar-refractivity contribution in [1.82, 2.24) is 9.97 Å². The van der Waals surface area contributed by atoms with Gasteiger partial charge in [0.1, 0.15) is 18.2 Å². The van der Waals surface area contributed by atoms with Gasteiger partial charge >= 0.3 is 0 Å². The van der Waals surface area contributed by atoms with Gasteiger partial charge in [0.2, 0.25) is 0 Å². The Bertz CT molecular complexity index is 395. The van der Waals surface area contributed by atoms with Gasteiger partial charge in [0.25, 0.3) is 0 Å². The van der Waals surface area contributed by atoms with Crippen molar-refractivity contribution in [2.24, 2.45) is 0 Å². The van der Waals surface area contributed by atoms with Crippen LogP contribution in [0.3, 0.4) is 0 Å². The van der Waals surface area contributed by atoms with Gasteiger partial charge in [0.05, 0.1) is 11.9 Å². The summed E-state index contributed by atoms with van der Waals surface area (Å²) in [6.45, 7) is 2.46. The lowest BCUT2D eigenvalue weighted by atomic mass is 10.3. The summed E-state index contributed by atoms with van der Waals surface area (Å²) < 4.78 is 5.53. The highest BCUT2D eigenvalue weighted by molar-refractivity contribution is 5.21. The number of benzene rings is 1. The summed E-state index contributed by atoms with van der Waals surface area (Å²) >= 11 is 0. The summed E-state index contributed by atoms with van der Waals surface area (Å²) in [5, 5.41) is 0. The number of aromatic amines is 1. The van der Waals surface area contributed by atoms with Gasteiger partial charge in [0.15, 0.2) is 0 Å². The van der Waals surface area contributed by atoms with E-state index in [4.69, 9.17) is 4.74 Å². The lowest BCUT2D eigenvalue weighted by Gasteiger charge is -2.02. The van der Waals surface area contributed by atoms with Gasteiger partial charge in [-0.3, -0.25) is 0 Å². The molecular formula is C11H12N2O. The molecule has 3 nitrogen and oxygen atoms in total. The Morgan fingerprint density at radius 2 is 2.07 bits per heavy atom. The number of hydrogen-bond donors (Lipinski definition) is 1. The molecule has 14 heavy (non-hydrogen) atoms. The monoisotopic (exact) mass is 188 g/mol. The van der Waals surface area contributed by atoms with Gasteiger partial charge in [-0.15, -0.1) is 0 Å². The molecule has 72 valence electrons. The molecule has 0 aliphatic heterocycles. The second-order valence-electron chi connectivity index (χ2n) is 3.10. The SMILES string of the molecule is Cc1ncc(COc2ccccc2)[nH]1. The molecule has 0 radical (unpaired) electrons. The molecule has 0 aliphatic rings. The lowest BCUT2D eigenvalue weighted by molar-refractivity contribution is 0.302. The molecule has 2 aromatic rings. The molecule has 0 atom stereocenters. The molecule has 0 aliphatic carbocycles. The molecule has 1 heterocycles. The first kappa shape index (κ1) is 8.81. The van der Waals surface area contributed by atoms with E-state index >= 15 is 0 Å². The van der Waals surface area contributed by atoms with Crippen LogP contribution in [0.4, 0.5) is 0 Å². The molecule has 1 aromatic heterocycles. The highest BCUT2D eigenvalue weighted by Crippen LogP contribution is 2.10. The minimum Gasteiger partial charge on any atom is -0.487 e. The van der Waals surface area contributed by atoms with Crippen LogP contribution in [0.5, 0.6) is 5.75 Å². The predicted octanol–water partition coefficient (Wildman–Crippen LogP) is 2.30. The van der Waals surface area contributed by atoms with Gasteiger partial charge in [0, 0.05) is 0 Å². The van der Waals surface area contributed by atoms with Crippen LogP contribution in [0.1, 0.15) is 11.5 Å². The van der Waals surface area contributed by atoms with Crippen LogP contribution in [-0.2, 0) is 6.61 Å². The van der Waals surface area contributed by atoms with E-state index in [2.05, 4.69) is 9.97 Å². The van der Waals surface area contributed by atoms with Gasteiger partial charge < -0.3 is 9.72 Å². The Morgan fingerprint density at radius 3 is 2.71 bits per heavy atom. The molecule has 0 spiro atoms. The molecule has 0 unspecified atom stereocenters. The number of nitrogens with one attached hydrogen (secondary N) is 1. The van der Waals surface area contributed by atoms with Crippen molar-refractivity contribution < 1.29 is 4.74 Å². The molecule has 0 saturated carbocycles. The first-order valence-electron chi connectivity index (χ1n) is 4.53. The maximum Gasteiger partial charge on any atom is 0.130 e. The van der Waals surface area contributed by atoms with Crippen molar-refractivity contribution in [2.75, 3.05) is 0 Å². The molecule has 1 N–H and O–H groups in total. The van der Waals surface area contributed by atoms with E-state index in [0.717, 1.165) is 17.3 Å². The van der Waals surface area contributed by atoms with E-state index in [9.17, 15) is 0 Å². The van der Waals surface area contributed by atoms with Crippen LogP contribution in [-0.4, -0.2) is 9.97 Å². The number of hydrogen-bond acceptors (Lipinski definition) is 2. The van der Waals surface area contributed by atoms with Crippen LogP contribution in [0, 0.1) is 6.92 Å². The maximum absolute atomic E-state index is 5.53. The number of para-hydroxylation sites is 1. The standard InChI is InChI=1S/C11H12N2O/c1-9-12-7-10(13-9)8-14-11-5-3-2-4-6-11/h2-7H,8H2,1H3,(H,12,13). The van der Waals surface area contributed by atoms with Crippen LogP contribution in [0.15, 0.2) is 36.5 Å². The molecular weight excluding hydrogens is 176 g/mol. The zero-order valence-electron chi connectivity index (χ0n) is 8.03. The Kier molecular flexibility index (Phi) is 2.49. The molecule has 1 aromatic carbocycles. The topological polar surface area (TPSA) is 37.9 Å². The Balaban J connectivity index is 1.95. The number of H-pyrrole nitrogens is 1. The normalized spacial score (nSPS) is 10.1. The third-order valence-corrected chi connectivity index (χ3v) is 1.89. The fourth-order valence-electron chi connectivity index (χ4n) is 1.22. The zero-order valence-corrected chi connectivity index (χ0v) is 8.03. The van der Waals surface area contributed by atoms with Crippen molar-refractivity contribution in [2.45, 2.75) is 13.5 Å². The second-order valence-corrected chi connectivity index (χ2v) is 3.10. The summed E-state index contributed by atoms with van der Waals surface area (Å²) in [6, 6.07) is 9.74. The molecule has 3 heteroatoms. The third kappa shape index (κ3) is 2.13. The van der Waals surface area contributed by atoms with Crippen LogP contribution < -0.4 is 4.74 Å². The van der Waals surface area contributed by atoms with Crippen molar-refractivity contribution in [3.8, 4) is 5.75 Å². The first-order chi connectivity index (χ1) is 6.84. The van der Waals surface area contributed by atoms with Crippen molar-refractivity contribution in [3.63, 3.8) is 0 Å². The first-order valence-corrected chi connectivity index (χ1v) is 4.53. The molecule has 0 bridgehead atoms. The Morgan fingerprint density at radius 1 is 1.29 bits per heavy atom. The van der Waals surface area contributed by atoms with Gasteiger partial charge in [-0.1, -0.05) is 18.2 Å². The molecule has 2 rings (SSSR count). The maximum atomic E-state index is 5.53. The van der Waals surface area contributed by atoms with E-state index in [0.29, 0.717) is 6.61 Å². The van der Waals surface area contributed by atoms with Gasteiger partial charge in [-0.2, -0.15) is 0 Å². The summed E-state index contributed by atoms with van der Waals surface area (Å²) in [4.78, 5) is 7.20. The second kappa shape index (κ2) is 3.96. The summed E-state index contributed by atoms with van der Waals surface area (Å²) in [6.07, 6.45) is 1.79. The average Bonchev–Trinajstić information content (AvgIpc) is 2.63. The fourth-order valence-corrected chi connectivity index (χ4v) is 1.22. The summed E-state index contributed by atoms with van der Waals surface area (Å²) in [5.41, 5.74) is 0.992. The van der Waals surface area contributed by atoms with E-state index in [1.807, 2.05) is 37.3 Å². The largest absolute Gasteiger partial charge is 0.487 e. The Hall–Kier alpha value is -1.77. The van der Waals surface area contributed by atoms with Gasteiger partial charge in [-0.05, 0) is 19.1 Å². The third-order valence-electron chi connectivity index (χ3n) is 1.89.